The van der Waals surface area contributed by atoms with E-state index >= 15 is 0 Å². The van der Waals surface area contributed by atoms with E-state index in [1.807, 2.05) is 6.92 Å². The monoisotopic (exact) mass is 520 g/mol. The Hall–Kier alpha value is -4.25. The van der Waals surface area contributed by atoms with Gasteiger partial charge >= 0.3 is 6.03 Å². The van der Waals surface area contributed by atoms with Crippen LogP contribution in [-0.2, 0) is 6.54 Å². The lowest BCUT2D eigenvalue weighted by molar-refractivity contribution is 0.0950. The van der Waals surface area contributed by atoms with Crippen LogP contribution in [0.5, 0.6) is 0 Å². The van der Waals surface area contributed by atoms with Crippen molar-refractivity contribution in [2.24, 2.45) is 0 Å². The molecule has 0 aliphatic carbocycles. The first-order valence-electron chi connectivity index (χ1n) is 12.7. The summed E-state index contributed by atoms with van der Waals surface area (Å²) < 4.78 is 14.8. The average Bonchev–Trinajstić information content (AvgIpc) is 3.43. The molecule has 1 aromatic carbocycles. The van der Waals surface area contributed by atoms with Crippen molar-refractivity contribution in [3.8, 4) is 11.3 Å². The number of aromatic nitrogens is 2. The van der Waals surface area contributed by atoms with Gasteiger partial charge in [0.2, 0.25) is 0 Å². The number of nitrogens with one attached hydrogen (secondary N) is 4. The number of carbonyl (C=O) groups is 2. The Balaban J connectivity index is 1.39. The molecule has 11 heteroatoms. The minimum absolute atomic E-state index is 0.0302. The summed E-state index contributed by atoms with van der Waals surface area (Å²) >= 11 is 0. The highest BCUT2D eigenvalue weighted by atomic mass is 19.1. The van der Waals surface area contributed by atoms with Crippen molar-refractivity contribution in [3.05, 3.63) is 65.6 Å². The standard InChI is InChI=1S/C27H33FN8O2/c1-2-30-25-20(26(37)31-11-14-36-12-3-4-13-36)7-9-22(34-25)19-6-8-23(21(28)15-19)35-27(38)33-17-18-5-10-24(29)32-16-18/h5-10,15-16H,2-4,11-14,17H2,1H3,(H2,29,32)(H,30,34)(H,31,37)(H2,33,35,38). The van der Waals surface area contributed by atoms with Gasteiger partial charge in [-0.25, -0.2) is 19.2 Å². The molecule has 0 spiro atoms. The molecular formula is C27H33FN8O2. The van der Waals surface area contributed by atoms with Gasteiger partial charge < -0.3 is 31.9 Å². The largest absolute Gasteiger partial charge is 0.384 e. The number of hydrogen-bond donors (Lipinski definition) is 5. The van der Waals surface area contributed by atoms with Crippen LogP contribution in [0.2, 0.25) is 0 Å². The maximum absolute atomic E-state index is 14.8. The SMILES string of the molecule is CCNc1nc(-c2ccc(NC(=O)NCc3ccc(N)nc3)c(F)c2)ccc1C(=O)NCCN1CCCC1. The highest BCUT2D eigenvalue weighted by molar-refractivity contribution is 5.99. The quantitative estimate of drug-likeness (QED) is 0.276. The number of nitrogens with two attached hydrogens (primary N) is 1. The van der Waals surface area contributed by atoms with Gasteiger partial charge in [-0.1, -0.05) is 12.1 Å². The zero-order chi connectivity index (χ0) is 26.9. The minimum atomic E-state index is -0.609. The molecule has 2 aromatic heterocycles. The third kappa shape index (κ3) is 7.16. The lowest BCUT2D eigenvalue weighted by Gasteiger charge is -2.16. The van der Waals surface area contributed by atoms with Gasteiger partial charge in [0, 0.05) is 37.9 Å². The molecule has 0 unspecified atom stereocenters. The van der Waals surface area contributed by atoms with E-state index in [1.165, 1.54) is 25.0 Å². The summed E-state index contributed by atoms with van der Waals surface area (Å²) in [6.45, 7) is 6.24. The number of amides is 3. The zero-order valence-corrected chi connectivity index (χ0v) is 21.4. The van der Waals surface area contributed by atoms with Crippen LogP contribution >= 0.6 is 0 Å². The molecule has 0 bridgehead atoms. The van der Waals surface area contributed by atoms with Gasteiger partial charge in [-0.3, -0.25) is 4.79 Å². The predicted molar refractivity (Wildman–Crippen MR) is 146 cm³/mol. The Morgan fingerprint density at radius 2 is 1.89 bits per heavy atom. The van der Waals surface area contributed by atoms with Gasteiger partial charge in [0.25, 0.3) is 5.91 Å². The van der Waals surface area contributed by atoms with Gasteiger partial charge in [0.15, 0.2) is 0 Å². The molecule has 3 heterocycles. The number of benzene rings is 1. The second kappa shape index (κ2) is 12.8. The van der Waals surface area contributed by atoms with E-state index in [-0.39, 0.29) is 18.1 Å². The maximum Gasteiger partial charge on any atom is 0.319 e. The topological polar surface area (TPSA) is 137 Å². The molecule has 0 saturated carbocycles. The maximum atomic E-state index is 14.8. The molecule has 1 fully saturated rings. The predicted octanol–water partition coefficient (Wildman–Crippen LogP) is 3.44. The van der Waals surface area contributed by atoms with Crippen LogP contribution in [0.15, 0.2) is 48.7 Å². The van der Waals surface area contributed by atoms with Crippen LogP contribution in [-0.4, -0.2) is 59.5 Å². The molecule has 0 radical (unpaired) electrons. The Labute approximate surface area is 221 Å². The number of nitrogens with zero attached hydrogens (tertiary/aromatic N) is 3. The lowest BCUT2D eigenvalue weighted by Crippen LogP contribution is -2.33. The Morgan fingerprint density at radius 1 is 1.08 bits per heavy atom. The zero-order valence-electron chi connectivity index (χ0n) is 21.4. The fourth-order valence-corrected chi connectivity index (χ4v) is 4.20. The average molecular weight is 521 g/mol. The molecule has 1 saturated heterocycles. The Bertz CT molecular complexity index is 1260. The van der Waals surface area contributed by atoms with Gasteiger partial charge in [0.05, 0.1) is 16.9 Å². The first-order valence-corrected chi connectivity index (χ1v) is 12.7. The number of hydrogen-bond acceptors (Lipinski definition) is 7. The first-order chi connectivity index (χ1) is 18.4. The second-order valence-corrected chi connectivity index (χ2v) is 9.02. The van der Waals surface area contributed by atoms with E-state index in [9.17, 15) is 14.0 Å². The highest BCUT2D eigenvalue weighted by Gasteiger charge is 2.16. The third-order valence-electron chi connectivity index (χ3n) is 6.21. The second-order valence-electron chi connectivity index (χ2n) is 9.02. The van der Waals surface area contributed by atoms with Crippen molar-refractivity contribution in [3.63, 3.8) is 0 Å². The summed E-state index contributed by atoms with van der Waals surface area (Å²) in [6.07, 6.45) is 3.97. The Kier molecular flexibility index (Phi) is 9.04. The molecule has 10 nitrogen and oxygen atoms in total. The van der Waals surface area contributed by atoms with Crippen LogP contribution in [0.1, 0.15) is 35.7 Å². The number of carbonyl (C=O) groups excluding carboxylic acids is 2. The fraction of sp³-hybridized carbons (Fsp3) is 0.333. The smallest absolute Gasteiger partial charge is 0.319 e. The van der Waals surface area contributed by atoms with Crippen molar-refractivity contribution >= 4 is 29.3 Å². The fourth-order valence-electron chi connectivity index (χ4n) is 4.20. The van der Waals surface area contributed by atoms with Gasteiger partial charge in [-0.05, 0) is 68.8 Å². The first kappa shape index (κ1) is 26.8. The number of halogens is 1. The molecule has 3 amide bonds. The number of likely N-dealkylation sites (tertiary alicyclic amines) is 1. The van der Waals surface area contributed by atoms with Crippen LogP contribution in [0.25, 0.3) is 11.3 Å². The number of anilines is 3. The number of rotatable bonds is 10. The molecule has 4 rings (SSSR count). The molecule has 38 heavy (non-hydrogen) atoms. The summed E-state index contributed by atoms with van der Waals surface area (Å²) in [5.41, 5.74) is 7.80. The summed E-state index contributed by atoms with van der Waals surface area (Å²) in [5.74, 6) is 0.00844. The highest BCUT2D eigenvalue weighted by Crippen LogP contribution is 2.26. The minimum Gasteiger partial charge on any atom is -0.384 e. The van der Waals surface area contributed by atoms with E-state index in [1.54, 1.807) is 36.5 Å². The molecular weight excluding hydrogens is 487 g/mol. The summed E-state index contributed by atoms with van der Waals surface area (Å²) in [7, 11) is 0. The van der Waals surface area contributed by atoms with Gasteiger partial charge in [-0.15, -0.1) is 0 Å². The molecule has 3 aromatic rings. The van der Waals surface area contributed by atoms with Crippen LogP contribution in [0.3, 0.4) is 0 Å². The number of nitrogen functional groups attached to an aromatic ring is 1. The van der Waals surface area contributed by atoms with Crippen molar-refractivity contribution in [2.75, 3.05) is 49.1 Å². The lowest BCUT2D eigenvalue weighted by atomic mass is 10.1. The number of pyridine rings is 2. The van der Waals surface area contributed by atoms with E-state index in [4.69, 9.17) is 5.73 Å². The summed E-state index contributed by atoms with van der Waals surface area (Å²) in [4.78, 5) is 35.9. The normalized spacial score (nSPS) is 13.2. The summed E-state index contributed by atoms with van der Waals surface area (Å²) in [5, 5.41) is 11.3. The van der Waals surface area contributed by atoms with Crippen LogP contribution in [0, 0.1) is 5.82 Å². The van der Waals surface area contributed by atoms with E-state index in [0.717, 1.165) is 25.2 Å². The number of urea groups is 1. The van der Waals surface area contributed by atoms with Gasteiger partial charge in [0.1, 0.15) is 17.5 Å². The van der Waals surface area contributed by atoms with Crippen molar-refractivity contribution < 1.29 is 14.0 Å². The molecule has 1 aliphatic rings. The molecule has 6 N–H and O–H groups in total. The van der Waals surface area contributed by atoms with Crippen molar-refractivity contribution in [1.82, 2.24) is 25.5 Å². The van der Waals surface area contributed by atoms with E-state index in [2.05, 4.69) is 36.1 Å². The third-order valence-corrected chi connectivity index (χ3v) is 6.21. The van der Waals surface area contributed by atoms with E-state index < -0.39 is 11.8 Å². The van der Waals surface area contributed by atoms with Crippen molar-refractivity contribution in [1.29, 1.82) is 0 Å². The van der Waals surface area contributed by atoms with Crippen LogP contribution < -0.4 is 27.0 Å². The summed E-state index contributed by atoms with van der Waals surface area (Å²) in [6, 6.07) is 10.6. The molecule has 1 aliphatic heterocycles. The van der Waals surface area contributed by atoms with Crippen LogP contribution in [0.4, 0.5) is 26.5 Å². The van der Waals surface area contributed by atoms with Gasteiger partial charge in [-0.2, -0.15) is 0 Å². The molecule has 0 atom stereocenters. The Morgan fingerprint density at radius 3 is 2.61 bits per heavy atom. The van der Waals surface area contributed by atoms with E-state index in [0.29, 0.717) is 41.5 Å². The molecule has 200 valence electrons. The van der Waals surface area contributed by atoms with Crippen molar-refractivity contribution in [2.45, 2.75) is 26.3 Å².